The quantitative estimate of drug-likeness (QED) is 0.753. The molecule has 0 saturated carbocycles. The summed E-state index contributed by atoms with van der Waals surface area (Å²) in [5, 5.41) is 4.33. The van der Waals surface area contributed by atoms with Gasteiger partial charge in [0.15, 0.2) is 10.7 Å². The molecule has 0 spiro atoms. The van der Waals surface area contributed by atoms with E-state index in [1.165, 1.54) is 15.1 Å². The Morgan fingerprint density at radius 1 is 1.17 bits per heavy atom. The van der Waals surface area contributed by atoms with Crippen molar-refractivity contribution in [3.63, 3.8) is 0 Å². The molecule has 0 N–H and O–H groups in total. The molecule has 8 nitrogen and oxygen atoms in total. The molecule has 23 heavy (non-hydrogen) atoms. The summed E-state index contributed by atoms with van der Waals surface area (Å²) < 4.78 is 27.2. The van der Waals surface area contributed by atoms with Crippen LogP contribution in [0.25, 0.3) is 0 Å². The lowest BCUT2D eigenvalue weighted by molar-refractivity contribution is 0.0630. The molecule has 0 aromatic carbocycles. The molecule has 2 aliphatic rings. The third-order valence-electron chi connectivity index (χ3n) is 4.46. The molecule has 128 valence electrons. The van der Waals surface area contributed by atoms with Gasteiger partial charge in [-0.25, -0.2) is 8.42 Å². The van der Waals surface area contributed by atoms with E-state index in [9.17, 15) is 13.2 Å². The van der Waals surface area contributed by atoms with Gasteiger partial charge in [-0.15, -0.1) is 0 Å². The maximum Gasteiger partial charge on any atom is 0.274 e. The van der Waals surface area contributed by atoms with Crippen LogP contribution in [0.2, 0.25) is 0 Å². The molecule has 1 fully saturated rings. The highest BCUT2D eigenvalue weighted by atomic mass is 32.2. The van der Waals surface area contributed by atoms with E-state index in [0.29, 0.717) is 26.2 Å². The van der Waals surface area contributed by atoms with Crippen LogP contribution in [0.4, 0.5) is 0 Å². The average molecular weight is 341 g/mol. The number of hydrogen-bond donors (Lipinski definition) is 0. The highest BCUT2D eigenvalue weighted by molar-refractivity contribution is 7.89. The molecule has 0 atom stereocenters. The number of carbonyl (C=O) groups is 1. The highest BCUT2D eigenvalue weighted by Gasteiger charge is 2.33. The van der Waals surface area contributed by atoms with Crippen molar-refractivity contribution in [1.29, 1.82) is 0 Å². The number of hydrogen-bond acceptors (Lipinski definition) is 5. The monoisotopic (exact) mass is 341 g/mol. The van der Waals surface area contributed by atoms with Gasteiger partial charge in [0.2, 0.25) is 0 Å². The molecule has 1 saturated heterocycles. The Kier molecular flexibility index (Phi) is 4.43. The van der Waals surface area contributed by atoms with E-state index in [4.69, 9.17) is 0 Å². The Bertz CT molecular complexity index is 691. The van der Waals surface area contributed by atoms with Crippen molar-refractivity contribution in [2.45, 2.75) is 24.9 Å². The van der Waals surface area contributed by atoms with Crippen LogP contribution < -0.4 is 0 Å². The van der Waals surface area contributed by atoms with Crippen LogP contribution in [-0.4, -0.2) is 84.5 Å². The van der Waals surface area contributed by atoms with Crippen molar-refractivity contribution in [2.75, 3.05) is 46.3 Å². The molecular weight excluding hydrogens is 318 g/mol. The van der Waals surface area contributed by atoms with Gasteiger partial charge in [0.05, 0.1) is 6.54 Å². The molecule has 3 heterocycles. The first-order chi connectivity index (χ1) is 10.9. The highest BCUT2D eigenvalue weighted by Crippen LogP contribution is 2.21. The second-order valence-electron chi connectivity index (χ2n) is 6.05. The third kappa shape index (κ3) is 3.00. The second kappa shape index (κ2) is 6.21. The van der Waals surface area contributed by atoms with E-state index >= 15 is 0 Å². The van der Waals surface area contributed by atoms with E-state index in [1.54, 1.807) is 11.9 Å². The van der Waals surface area contributed by atoms with Gasteiger partial charge in [0.1, 0.15) is 0 Å². The van der Waals surface area contributed by atoms with Gasteiger partial charge < -0.3 is 4.90 Å². The Morgan fingerprint density at radius 3 is 2.52 bits per heavy atom. The molecule has 1 aromatic heterocycles. The van der Waals surface area contributed by atoms with Crippen LogP contribution in [0.1, 0.15) is 23.8 Å². The predicted molar refractivity (Wildman–Crippen MR) is 84.7 cm³/mol. The zero-order valence-electron chi connectivity index (χ0n) is 13.6. The van der Waals surface area contributed by atoms with E-state index in [0.717, 1.165) is 26.1 Å². The van der Waals surface area contributed by atoms with Crippen molar-refractivity contribution >= 4 is 15.9 Å². The van der Waals surface area contributed by atoms with Gasteiger partial charge in [-0.3, -0.25) is 14.4 Å². The smallest absolute Gasteiger partial charge is 0.274 e. The summed E-state index contributed by atoms with van der Waals surface area (Å²) in [6.07, 6.45) is 1.10. The zero-order chi connectivity index (χ0) is 16.6. The molecule has 9 heteroatoms. The normalized spacial score (nSPS) is 22.1. The lowest BCUT2D eigenvalue weighted by Crippen LogP contribution is -2.48. The number of sulfonamides is 1. The summed E-state index contributed by atoms with van der Waals surface area (Å²) in [5.74, 6) is -0.180. The van der Waals surface area contributed by atoms with Gasteiger partial charge in [0.25, 0.3) is 15.9 Å². The average Bonchev–Trinajstić information content (AvgIpc) is 2.97. The number of carbonyl (C=O) groups excluding carboxylic acids is 1. The summed E-state index contributed by atoms with van der Waals surface area (Å²) in [4.78, 5) is 16.7. The maximum absolute atomic E-state index is 12.6. The number of fused-ring (bicyclic) bond motifs is 1. The first-order valence-electron chi connectivity index (χ1n) is 7.99. The van der Waals surface area contributed by atoms with Gasteiger partial charge >= 0.3 is 0 Å². The van der Waals surface area contributed by atoms with Gasteiger partial charge in [-0.2, -0.15) is 9.40 Å². The largest absolute Gasteiger partial charge is 0.335 e. The number of nitrogens with zero attached hydrogens (tertiary/aromatic N) is 5. The van der Waals surface area contributed by atoms with E-state index < -0.39 is 10.0 Å². The minimum absolute atomic E-state index is 0.110. The number of rotatable bonds is 3. The van der Waals surface area contributed by atoms with Gasteiger partial charge in [-0.1, -0.05) is 6.92 Å². The molecule has 3 rings (SSSR count). The lowest BCUT2D eigenvalue weighted by atomic mass is 10.2. The molecule has 0 unspecified atom stereocenters. The Labute approximate surface area is 136 Å². The van der Waals surface area contributed by atoms with Crippen LogP contribution in [0, 0.1) is 0 Å². The standard InChI is InChI=1S/C14H23N5O3S/c1-3-4-17-6-8-18(9-7-17)14(20)12-11-13-19(15-12)10-5-16(2)23(13,21)22/h11H,3-10H2,1-2H3. The van der Waals surface area contributed by atoms with Crippen molar-refractivity contribution in [2.24, 2.45) is 0 Å². The van der Waals surface area contributed by atoms with E-state index in [1.807, 2.05) is 0 Å². The number of piperazine rings is 1. The minimum atomic E-state index is -3.53. The Hall–Kier alpha value is -1.45. The molecule has 1 amide bonds. The maximum atomic E-state index is 12.6. The third-order valence-corrected chi connectivity index (χ3v) is 6.32. The number of aromatic nitrogens is 2. The van der Waals surface area contributed by atoms with Crippen molar-refractivity contribution in [3.05, 3.63) is 11.8 Å². The Morgan fingerprint density at radius 2 is 1.87 bits per heavy atom. The van der Waals surface area contributed by atoms with Crippen LogP contribution in [0.5, 0.6) is 0 Å². The van der Waals surface area contributed by atoms with Crippen LogP contribution >= 0.6 is 0 Å². The lowest BCUT2D eigenvalue weighted by Gasteiger charge is -2.34. The molecule has 0 bridgehead atoms. The molecule has 2 aliphatic heterocycles. The summed E-state index contributed by atoms with van der Waals surface area (Å²) >= 11 is 0. The molecule has 1 aromatic rings. The van der Waals surface area contributed by atoms with E-state index in [2.05, 4.69) is 16.9 Å². The first kappa shape index (κ1) is 16.4. The number of likely N-dealkylation sites (N-methyl/N-ethyl adjacent to an activating group) is 1. The van der Waals surface area contributed by atoms with Crippen molar-refractivity contribution in [1.82, 2.24) is 23.9 Å². The Balaban J connectivity index is 1.75. The molecule has 0 aliphatic carbocycles. The summed E-state index contributed by atoms with van der Waals surface area (Å²) in [6.45, 7) is 7.07. The fourth-order valence-electron chi connectivity index (χ4n) is 3.04. The second-order valence-corrected chi connectivity index (χ2v) is 8.04. The predicted octanol–water partition coefficient (Wildman–Crippen LogP) is -0.315. The van der Waals surface area contributed by atoms with Crippen LogP contribution in [-0.2, 0) is 16.6 Å². The van der Waals surface area contributed by atoms with Gasteiger partial charge in [-0.05, 0) is 13.0 Å². The topological polar surface area (TPSA) is 78.8 Å². The minimum Gasteiger partial charge on any atom is -0.335 e. The van der Waals surface area contributed by atoms with Crippen LogP contribution in [0.15, 0.2) is 11.1 Å². The SMILES string of the molecule is CCCN1CCN(C(=O)c2cc3n(n2)CCN(C)S3(=O)=O)CC1. The molecule has 0 radical (unpaired) electrons. The fourth-order valence-corrected chi connectivity index (χ4v) is 4.34. The first-order valence-corrected chi connectivity index (χ1v) is 9.43. The molecular formula is C14H23N5O3S. The van der Waals surface area contributed by atoms with E-state index in [-0.39, 0.29) is 16.6 Å². The summed E-state index contributed by atoms with van der Waals surface area (Å²) in [7, 11) is -1.98. The van der Waals surface area contributed by atoms with Crippen molar-refractivity contribution in [3.8, 4) is 0 Å². The van der Waals surface area contributed by atoms with Crippen molar-refractivity contribution < 1.29 is 13.2 Å². The van der Waals surface area contributed by atoms with Gasteiger partial charge in [0, 0.05) is 45.8 Å². The van der Waals surface area contributed by atoms with Crippen LogP contribution in [0.3, 0.4) is 0 Å². The summed E-state index contributed by atoms with van der Waals surface area (Å²) in [6, 6.07) is 1.41. The zero-order valence-corrected chi connectivity index (χ0v) is 14.4. The number of amides is 1. The fraction of sp³-hybridized carbons (Fsp3) is 0.714. The summed E-state index contributed by atoms with van der Waals surface area (Å²) in [5.41, 5.74) is 0.225.